The molecule has 15 heavy (non-hydrogen) atoms. The SMILES string of the molecule is CNC1CC2NCCC(C(C)=O)N2C1=O. The van der Waals surface area contributed by atoms with Crippen LogP contribution in [-0.2, 0) is 9.59 Å². The van der Waals surface area contributed by atoms with Gasteiger partial charge in [-0.05, 0) is 26.9 Å². The molecule has 5 heteroatoms. The third-order valence-corrected chi connectivity index (χ3v) is 3.30. The zero-order valence-electron chi connectivity index (χ0n) is 9.12. The standard InChI is InChI=1S/C10H17N3O2/c1-6(14)8-3-4-12-9-5-7(11-2)10(15)13(8)9/h7-9,11-12H,3-5H2,1-2H3. The average Bonchev–Trinajstić information content (AvgIpc) is 2.55. The van der Waals surface area contributed by atoms with E-state index in [0.29, 0.717) is 0 Å². The molecule has 2 saturated heterocycles. The Balaban J connectivity index is 2.20. The summed E-state index contributed by atoms with van der Waals surface area (Å²) in [6.45, 7) is 2.38. The monoisotopic (exact) mass is 211 g/mol. The quantitative estimate of drug-likeness (QED) is 0.620. The Labute approximate surface area is 89.2 Å². The Morgan fingerprint density at radius 3 is 2.93 bits per heavy atom. The van der Waals surface area contributed by atoms with Crippen LogP contribution in [0.15, 0.2) is 0 Å². The van der Waals surface area contributed by atoms with Crippen molar-refractivity contribution in [1.29, 1.82) is 0 Å². The molecular weight excluding hydrogens is 194 g/mol. The van der Waals surface area contributed by atoms with Crippen LogP contribution in [0.1, 0.15) is 19.8 Å². The van der Waals surface area contributed by atoms with Gasteiger partial charge in [0, 0.05) is 6.42 Å². The van der Waals surface area contributed by atoms with E-state index in [2.05, 4.69) is 10.6 Å². The summed E-state index contributed by atoms with van der Waals surface area (Å²) in [4.78, 5) is 25.1. The highest BCUT2D eigenvalue weighted by Gasteiger charge is 2.45. The van der Waals surface area contributed by atoms with Crippen LogP contribution >= 0.6 is 0 Å². The molecule has 0 radical (unpaired) electrons. The summed E-state index contributed by atoms with van der Waals surface area (Å²) in [6.07, 6.45) is 1.52. The fourth-order valence-corrected chi connectivity index (χ4v) is 2.49. The summed E-state index contributed by atoms with van der Waals surface area (Å²) in [7, 11) is 1.78. The Kier molecular flexibility index (Phi) is 2.75. The number of rotatable bonds is 2. The van der Waals surface area contributed by atoms with Gasteiger partial charge in [-0.15, -0.1) is 0 Å². The summed E-state index contributed by atoms with van der Waals surface area (Å²) in [5.41, 5.74) is 0. The zero-order valence-corrected chi connectivity index (χ0v) is 9.12. The van der Waals surface area contributed by atoms with Crippen LogP contribution in [0.3, 0.4) is 0 Å². The molecule has 0 aliphatic carbocycles. The molecular formula is C10H17N3O2. The second-order valence-corrected chi connectivity index (χ2v) is 4.21. The molecule has 2 heterocycles. The number of nitrogens with one attached hydrogen (secondary N) is 2. The van der Waals surface area contributed by atoms with Crippen molar-refractivity contribution in [1.82, 2.24) is 15.5 Å². The second-order valence-electron chi connectivity index (χ2n) is 4.21. The minimum Gasteiger partial charge on any atom is -0.316 e. The van der Waals surface area contributed by atoms with Crippen LogP contribution in [0.5, 0.6) is 0 Å². The minimum atomic E-state index is -0.220. The second kappa shape index (κ2) is 3.90. The van der Waals surface area contributed by atoms with E-state index in [1.165, 1.54) is 0 Å². The molecule has 3 unspecified atom stereocenters. The summed E-state index contributed by atoms with van der Waals surface area (Å²) < 4.78 is 0. The molecule has 2 fully saturated rings. The van der Waals surface area contributed by atoms with Gasteiger partial charge in [0.1, 0.15) is 0 Å². The Morgan fingerprint density at radius 2 is 2.33 bits per heavy atom. The molecule has 0 spiro atoms. The maximum atomic E-state index is 12.0. The van der Waals surface area contributed by atoms with Gasteiger partial charge < -0.3 is 10.2 Å². The first-order valence-corrected chi connectivity index (χ1v) is 5.38. The molecule has 1 amide bonds. The lowest BCUT2D eigenvalue weighted by atomic mass is 10.1. The third kappa shape index (κ3) is 1.66. The van der Waals surface area contributed by atoms with Gasteiger partial charge >= 0.3 is 0 Å². The number of carbonyl (C=O) groups excluding carboxylic acids is 2. The summed E-state index contributed by atoms with van der Waals surface area (Å²) in [6, 6.07) is -0.357. The lowest BCUT2D eigenvalue weighted by Gasteiger charge is -2.36. The molecule has 0 saturated carbocycles. The summed E-state index contributed by atoms with van der Waals surface area (Å²) in [5.74, 6) is 0.140. The first kappa shape index (κ1) is 10.6. The zero-order chi connectivity index (χ0) is 11.0. The number of hydrogen-bond acceptors (Lipinski definition) is 4. The number of amides is 1. The fourth-order valence-electron chi connectivity index (χ4n) is 2.49. The van der Waals surface area contributed by atoms with Gasteiger partial charge in [0.05, 0.1) is 18.2 Å². The molecule has 2 aliphatic heterocycles. The van der Waals surface area contributed by atoms with Crippen molar-refractivity contribution in [2.75, 3.05) is 13.6 Å². The average molecular weight is 211 g/mol. The van der Waals surface area contributed by atoms with E-state index < -0.39 is 0 Å². The molecule has 84 valence electrons. The Bertz CT molecular complexity index is 292. The van der Waals surface area contributed by atoms with E-state index in [1.807, 2.05) is 0 Å². The molecule has 2 N–H and O–H groups in total. The maximum Gasteiger partial charge on any atom is 0.241 e. The van der Waals surface area contributed by atoms with Crippen molar-refractivity contribution in [3.63, 3.8) is 0 Å². The largest absolute Gasteiger partial charge is 0.316 e. The number of fused-ring (bicyclic) bond motifs is 1. The predicted molar refractivity (Wildman–Crippen MR) is 55.2 cm³/mol. The topological polar surface area (TPSA) is 61.4 Å². The number of carbonyl (C=O) groups is 2. The van der Waals surface area contributed by atoms with E-state index in [-0.39, 0.29) is 29.9 Å². The highest BCUT2D eigenvalue weighted by molar-refractivity contribution is 5.91. The molecule has 0 bridgehead atoms. The van der Waals surface area contributed by atoms with Crippen molar-refractivity contribution in [2.24, 2.45) is 0 Å². The van der Waals surface area contributed by atoms with Crippen LogP contribution in [0, 0.1) is 0 Å². The number of Topliss-reactive ketones (excluding diaryl/α,β-unsaturated/α-hetero) is 1. The molecule has 2 rings (SSSR count). The lowest BCUT2D eigenvalue weighted by molar-refractivity contribution is -0.140. The van der Waals surface area contributed by atoms with Gasteiger partial charge in [-0.3, -0.25) is 14.9 Å². The summed E-state index contributed by atoms with van der Waals surface area (Å²) >= 11 is 0. The summed E-state index contributed by atoms with van der Waals surface area (Å²) in [5, 5.41) is 6.26. The van der Waals surface area contributed by atoms with Crippen LogP contribution in [0.25, 0.3) is 0 Å². The van der Waals surface area contributed by atoms with Crippen LogP contribution in [0.4, 0.5) is 0 Å². The van der Waals surface area contributed by atoms with E-state index in [1.54, 1.807) is 18.9 Å². The van der Waals surface area contributed by atoms with Crippen molar-refractivity contribution in [3.05, 3.63) is 0 Å². The normalized spacial score (nSPS) is 35.5. The molecule has 5 nitrogen and oxygen atoms in total. The number of nitrogens with zero attached hydrogens (tertiary/aromatic N) is 1. The van der Waals surface area contributed by atoms with Crippen LogP contribution in [-0.4, -0.2) is 48.4 Å². The highest BCUT2D eigenvalue weighted by atomic mass is 16.2. The Hall–Kier alpha value is -0.940. The number of ketones is 1. The molecule has 2 aliphatic rings. The van der Waals surface area contributed by atoms with Crippen LogP contribution < -0.4 is 10.6 Å². The van der Waals surface area contributed by atoms with Crippen molar-refractivity contribution in [2.45, 2.75) is 38.0 Å². The molecule has 3 atom stereocenters. The van der Waals surface area contributed by atoms with Gasteiger partial charge in [-0.2, -0.15) is 0 Å². The van der Waals surface area contributed by atoms with Gasteiger partial charge in [0.2, 0.25) is 5.91 Å². The number of hydrogen-bond donors (Lipinski definition) is 2. The smallest absolute Gasteiger partial charge is 0.241 e. The van der Waals surface area contributed by atoms with Gasteiger partial charge in [-0.1, -0.05) is 0 Å². The van der Waals surface area contributed by atoms with Crippen molar-refractivity contribution < 1.29 is 9.59 Å². The molecule has 0 aromatic carbocycles. The lowest BCUT2D eigenvalue weighted by Crippen LogP contribution is -2.57. The Morgan fingerprint density at radius 1 is 1.60 bits per heavy atom. The van der Waals surface area contributed by atoms with Gasteiger partial charge in [-0.25, -0.2) is 0 Å². The van der Waals surface area contributed by atoms with Gasteiger partial charge in [0.15, 0.2) is 5.78 Å². The fraction of sp³-hybridized carbons (Fsp3) is 0.800. The van der Waals surface area contributed by atoms with Crippen molar-refractivity contribution in [3.8, 4) is 0 Å². The van der Waals surface area contributed by atoms with E-state index in [9.17, 15) is 9.59 Å². The first-order valence-electron chi connectivity index (χ1n) is 5.38. The predicted octanol–water partition coefficient (Wildman–Crippen LogP) is -0.916. The number of likely N-dealkylation sites (N-methyl/N-ethyl adjacent to an activating group) is 1. The maximum absolute atomic E-state index is 12.0. The third-order valence-electron chi connectivity index (χ3n) is 3.30. The molecule has 0 aromatic rings. The van der Waals surface area contributed by atoms with Crippen LogP contribution in [0.2, 0.25) is 0 Å². The van der Waals surface area contributed by atoms with E-state index in [0.717, 1.165) is 19.4 Å². The van der Waals surface area contributed by atoms with Gasteiger partial charge in [0.25, 0.3) is 0 Å². The van der Waals surface area contributed by atoms with E-state index >= 15 is 0 Å². The van der Waals surface area contributed by atoms with Crippen molar-refractivity contribution >= 4 is 11.7 Å². The molecule has 0 aromatic heterocycles. The van der Waals surface area contributed by atoms with E-state index in [4.69, 9.17) is 0 Å². The minimum absolute atomic E-state index is 0.0394. The highest BCUT2D eigenvalue weighted by Crippen LogP contribution is 2.25. The first-order chi connectivity index (χ1) is 7.15.